The van der Waals surface area contributed by atoms with Crippen molar-refractivity contribution in [1.82, 2.24) is 15.1 Å². The summed E-state index contributed by atoms with van der Waals surface area (Å²) in [6.45, 7) is 2.94. The molecular weight excluding hydrogens is 422 g/mol. The van der Waals surface area contributed by atoms with Crippen LogP contribution in [0.2, 0.25) is 0 Å². The number of nitrogens with one attached hydrogen (secondary N) is 1. The molecule has 2 N–H and O–H groups in total. The van der Waals surface area contributed by atoms with E-state index in [0.717, 1.165) is 22.3 Å². The third-order valence-corrected chi connectivity index (χ3v) is 6.59. The number of ether oxygens (including phenoxy) is 1. The van der Waals surface area contributed by atoms with Gasteiger partial charge in [-0.3, -0.25) is 14.5 Å². The number of alkyl carbamates (subject to hydrolysis) is 1. The van der Waals surface area contributed by atoms with Crippen molar-refractivity contribution >= 4 is 18.0 Å². The first kappa shape index (κ1) is 22.8. The molecule has 8 heteroatoms. The van der Waals surface area contributed by atoms with E-state index in [1.807, 2.05) is 36.4 Å². The molecule has 1 heterocycles. The minimum atomic E-state index is -0.965. The number of piperazine rings is 1. The molecule has 0 bridgehead atoms. The largest absolute Gasteiger partial charge is 0.480 e. The summed E-state index contributed by atoms with van der Waals surface area (Å²) >= 11 is 0. The van der Waals surface area contributed by atoms with Gasteiger partial charge in [-0.25, -0.2) is 4.79 Å². The van der Waals surface area contributed by atoms with Gasteiger partial charge in [0.15, 0.2) is 0 Å². The molecule has 0 aromatic heterocycles. The van der Waals surface area contributed by atoms with Gasteiger partial charge in [0.2, 0.25) is 5.91 Å². The van der Waals surface area contributed by atoms with E-state index in [2.05, 4.69) is 17.4 Å². The normalized spacial score (nSPS) is 18.8. The number of aliphatic carboxylic acids is 1. The molecule has 2 amide bonds. The molecule has 2 aliphatic rings. The number of benzene rings is 2. The van der Waals surface area contributed by atoms with Gasteiger partial charge in [0.05, 0.1) is 0 Å². The van der Waals surface area contributed by atoms with Crippen LogP contribution in [0.3, 0.4) is 0 Å². The maximum atomic E-state index is 13.0. The van der Waals surface area contributed by atoms with Crippen molar-refractivity contribution in [1.29, 1.82) is 0 Å². The third-order valence-electron chi connectivity index (χ3n) is 6.59. The molecule has 2 atom stereocenters. The Labute approximate surface area is 193 Å². The summed E-state index contributed by atoms with van der Waals surface area (Å²) in [5, 5.41) is 12.1. The second kappa shape index (κ2) is 9.62. The zero-order valence-corrected chi connectivity index (χ0v) is 18.9. The molecule has 33 heavy (non-hydrogen) atoms. The van der Waals surface area contributed by atoms with Crippen LogP contribution in [0.15, 0.2) is 48.5 Å². The molecule has 8 nitrogen and oxygen atoms in total. The lowest BCUT2D eigenvalue weighted by atomic mass is 9.98. The Bertz CT molecular complexity index is 1010. The van der Waals surface area contributed by atoms with Crippen molar-refractivity contribution in [3.63, 3.8) is 0 Å². The summed E-state index contributed by atoms with van der Waals surface area (Å²) in [6, 6.07) is 14.7. The fourth-order valence-corrected chi connectivity index (χ4v) is 4.68. The smallest absolute Gasteiger partial charge is 0.407 e. The van der Waals surface area contributed by atoms with Crippen LogP contribution in [0.4, 0.5) is 4.79 Å². The number of likely N-dealkylation sites (N-methyl/N-ethyl adjacent to an activating group) is 1. The number of carboxylic acid groups (broad SMARTS) is 1. The van der Waals surface area contributed by atoms with Crippen molar-refractivity contribution in [3.8, 4) is 11.1 Å². The van der Waals surface area contributed by atoms with E-state index in [9.17, 15) is 19.5 Å². The van der Waals surface area contributed by atoms with Gasteiger partial charge in [-0.15, -0.1) is 0 Å². The molecular formula is C25H29N3O5. The first-order valence-corrected chi connectivity index (χ1v) is 11.2. The Morgan fingerprint density at radius 3 is 2.24 bits per heavy atom. The number of rotatable bonds is 6. The number of carbonyl (C=O) groups is 3. The highest BCUT2D eigenvalue weighted by Crippen LogP contribution is 2.44. The van der Waals surface area contributed by atoms with Crippen LogP contribution in [-0.4, -0.2) is 78.2 Å². The van der Waals surface area contributed by atoms with Gasteiger partial charge in [0.25, 0.3) is 0 Å². The van der Waals surface area contributed by atoms with Crippen LogP contribution < -0.4 is 5.32 Å². The minimum Gasteiger partial charge on any atom is -0.480 e. The zero-order valence-electron chi connectivity index (χ0n) is 18.9. The summed E-state index contributed by atoms with van der Waals surface area (Å²) in [4.78, 5) is 40.3. The quantitative estimate of drug-likeness (QED) is 0.700. The average molecular weight is 452 g/mol. The van der Waals surface area contributed by atoms with E-state index < -0.39 is 24.1 Å². The molecule has 2 aromatic carbocycles. The summed E-state index contributed by atoms with van der Waals surface area (Å²) in [7, 11) is 1.73. The average Bonchev–Trinajstić information content (AvgIpc) is 3.14. The number of carbonyl (C=O) groups excluding carboxylic acids is 2. The molecule has 1 aliphatic carbocycles. The maximum Gasteiger partial charge on any atom is 0.407 e. The van der Waals surface area contributed by atoms with E-state index in [0.29, 0.717) is 19.5 Å². The molecule has 174 valence electrons. The lowest BCUT2D eigenvalue weighted by Crippen LogP contribution is -2.59. The molecule has 0 spiro atoms. The SMILES string of the molecule is CCC(NC(=O)OCC1c2ccccc2-c2ccccc21)C(=O)N1CCN(C)C(C(=O)O)C1. The van der Waals surface area contributed by atoms with Crippen molar-refractivity contribution in [2.45, 2.75) is 31.3 Å². The Morgan fingerprint density at radius 1 is 1.06 bits per heavy atom. The Balaban J connectivity index is 1.38. The van der Waals surface area contributed by atoms with Crippen LogP contribution in [-0.2, 0) is 14.3 Å². The van der Waals surface area contributed by atoms with Crippen molar-refractivity contribution < 1.29 is 24.2 Å². The van der Waals surface area contributed by atoms with Crippen molar-refractivity contribution in [2.75, 3.05) is 33.3 Å². The van der Waals surface area contributed by atoms with E-state index >= 15 is 0 Å². The van der Waals surface area contributed by atoms with E-state index in [4.69, 9.17) is 4.74 Å². The minimum absolute atomic E-state index is 0.0621. The standard InChI is InChI=1S/C25H29N3O5/c1-3-21(23(29)28-13-12-27(2)22(14-28)24(30)31)26-25(32)33-15-20-18-10-6-4-8-16(18)17-9-5-7-11-19(17)20/h4-11,20-22H,3,12-15H2,1-2H3,(H,26,32)(H,30,31). The summed E-state index contributed by atoms with van der Waals surface area (Å²) < 4.78 is 5.56. The number of hydrogen-bond donors (Lipinski definition) is 2. The van der Waals surface area contributed by atoms with Gasteiger partial charge in [0, 0.05) is 25.6 Å². The molecule has 0 radical (unpaired) electrons. The highest BCUT2D eigenvalue weighted by molar-refractivity contribution is 5.86. The van der Waals surface area contributed by atoms with Gasteiger partial charge in [-0.05, 0) is 35.7 Å². The van der Waals surface area contributed by atoms with Gasteiger partial charge < -0.3 is 20.1 Å². The fraction of sp³-hybridized carbons (Fsp3) is 0.400. The predicted molar refractivity (Wildman–Crippen MR) is 123 cm³/mol. The monoisotopic (exact) mass is 451 g/mol. The third kappa shape index (κ3) is 4.57. The fourth-order valence-electron chi connectivity index (χ4n) is 4.68. The van der Waals surface area contributed by atoms with Crippen LogP contribution in [0.25, 0.3) is 11.1 Å². The summed E-state index contributed by atoms with van der Waals surface area (Å²) in [5.74, 6) is -1.31. The Kier molecular flexibility index (Phi) is 6.65. The number of nitrogens with zero attached hydrogens (tertiary/aromatic N) is 2. The highest BCUT2D eigenvalue weighted by Gasteiger charge is 2.35. The molecule has 1 fully saturated rings. The predicted octanol–water partition coefficient (Wildman–Crippen LogP) is 2.53. The Hall–Kier alpha value is -3.39. The second-order valence-corrected chi connectivity index (χ2v) is 8.55. The summed E-state index contributed by atoms with van der Waals surface area (Å²) in [5.41, 5.74) is 4.53. The van der Waals surface area contributed by atoms with E-state index in [1.54, 1.807) is 18.9 Å². The highest BCUT2D eigenvalue weighted by atomic mass is 16.5. The first-order valence-electron chi connectivity index (χ1n) is 11.2. The van der Waals surface area contributed by atoms with Crippen LogP contribution in [0.5, 0.6) is 0 Å². The van der Waals surface area contributed by atoms with Crippen LogP contribution in [0, 0.1) is 0 Å². The zero-order chi connectivity index (χ0) is 23.5. The second-order valence-electron chi connectivity index (χ2n) is 8.55. The van der Waals surface area contributed by atoms with Crippen LogP contribution >= 0.6 is 0 Å². The lowest BCUT2D eigenvalue weighted by molar-refractivity contribution is -0.148. The van der Waals surface area contributed by atoms with Gasteiger partial charge in [-0.2, -0.15) is 0 Å². The summed E-state index contributed by atoms with van der Waals surface area (Å²) in [6.07, 6.45) is -0.270. The number of hydrogen-bond acceptors (Lipinski definition) is 5. The number of fused-ring (bicyclic) bond motifs is 3. The topological polar surface area (TPSA) is 99.2 Å². The van der Waals surface area contributed by atoms with Crippen molar-refractivity contribution in [2.24, 2.45) is 0 Å². The molecule has 2 aromatic rings. The molecule has 0 saturated carbocycles. The Morgan fingerprint density at radius 2 is 1.67 bits per heavy atom. The van der Waals surface area contributed by atoms with E-state index in [1.165, 1.54) is 4.90 Å². The lowest BCUT2D eigenvalue weighted by Gasteiger charge is -2.38. The van der Waals surface area contributed by atoms with Gasteiger partial charge in [0.1, 0.15) is 18.7 Å². The molecule has 1 aliphatic heterocycles. The molecule has 2 unspecified atom stereocenters. The maximum absolute atomic E-state index is 13.0. The number of carboxylic acids is 1. The molecule has 4 rings (SSSR count). The van der Waals surface area contributed by atoms with E-state index in [-0.39, 0.29) is 25.0 Å². The number of amides is 2. The van der Waals surface area contributed by atoms with Gasteiger partial charge in [-0.1, -0.05) is 55.5 Å². The van der Waals surface area contributed by atoms with Crippen LogP contribution in [0.1, 0.15) is 30.4 Å². The molecule has 1 saturated heterocycles. The first-order chi connectivity index (χ1) is 15.9. The van der Waals surface area contributed by atoms with Crippen molar-refractivity contribution in [3.05, 3.63) is 59.7 Å². The van der Waals surface area contributed by atoms with Gasteiger partial charge >= 0.3 is 12.1 Å².